The third-order valence-electron chi connectivity index (χ3n) is 13.8. The number of rotatable bonds is 2. The van der Waals surface area contributed by atoms with Gasteiger partial charge < -0.3 is 4.52 Å². The number of carbonyl (C=O) groups excluding carboxylic acids is 1. The maximum Gasteiger partial charge on any atom is 0.159 e. The van der Waals surface area contributed by atoms with Gasteiger partial charge in [0.15, 0.2) is 5.78 Å². The summed E-state index contributed by atoms with van der Waals surface area (Å²) in [5.41, 5.74) is 2.54. The van der Waals surface area contributed by atoms with Crippen molar-refractivity contribution in [3.63, 3.8) is 0 Å². The van der Waals surface area contributed by atoms with Gasteiger partial charge in [-0.25, -0.2) is 0 Å². The normalized spacial score (nSPS) is 46.3. The van der Waals surface area contributed by atoms with Crippen LogP contribution in [-0.4, -0.2) is 25.9 Å². The first kappa shape index (κ1) is 25.7. The van der Waals surface area contributed by atoms with Gasteiger partial charge in [-0.15, -0.1) is 5.10 Å². The van der Waals surface area contributed by atoms with Crippen LogP contribution in [0.15, 0.2) is 34.8 Å². The van der Waals surface area contributed by atoms with Gasteiger partial charge in [0.2, 0.25) is 0 Å². The summed E-state index contributed by atoms with van der Waals surface area (Å²) in [5.74, 6) is 3.45. The molecular formula is C33H46N4O2. The van der Waals surface area contributed by atoms with E-state index in [0.717, 1.165) is 38.0 Å². The molecule has 210 valence electrons. The molecule has 2 aromatic rings. The summed E-state index contributed by atoms with van der Waals surface area (Å²) in [6, 6.07) is 0. The lowest BCUT2D eigenvalue weighted by Crippen LogP contribution is -2.66. The minimum atomic E-state index is -0.103. The molecule has 0 saturated heterocycles. The Morgan fingerprint density at radius 2 is 1.85 bits per heavy atom. The second-order valence-corrected chi connectivity index (χ2v) is 15.6. The first-order valence-electron chi connectivity index (χ1n) is 15.4. The maximum atomic E-state index is 14.7. The molecule has 5 aliphatic rings. The summed E-state index contributed by atoms with van der Waals surface area (Å²) in [6.45, 7) is 17.9. The second kappa shape index (κ2) is 7.94. The zero-order valence-corrected chi connectivity index (χ0v) is 25.0. The van der Waals surface area contributed by atoms with E-state index in [2.05, 4.69) is 70.0 Å². The van der Waals surface area contributed by atoms with Gasteiger partial charge in [-0.05, 0) is 96.4 Å². The number of nitrogens with zero attached hydrogens (tertiary/aromatic N) is 4. The number of aromatic nitrogens is 4. The summed E-state index contributed by atoms with van der Waals surface area (Å²) in [5, 5.41) is 12.8. The summed E-state index contributed by atoms with van der Waals surface area (Å²) >= 11 is 0. The van der Waals surface area contributed by atoms with E-state index in [4.69, 9.17) is 4.52 Å². The Kier molecular flexibility index (Phi) is 5.24. The molecule has 0 unspecified atom stereocenters. The lowest BCUT2D eigenvalue weighted by atomic mass is 9.33. The fourth-order valence-corrected chi connectivity index (χ4v) is 11.6. The third-order valence-corrected chi connectivity index (χ3v) is 13.8. The van der Waals surface area contributed by atoms with Crippen molar-refractivity contribution in [3.05, 3.63) is 41.6 Å². The van der Waals surface area contributed by atoms with Crippen LogP contribution in [0.25, 0.3) is 0 Å². The van der Waals surface area contributed by atoms with E-state index in [1.54, 1.807) is 6.20 Å². The van der Waals surface area contributed by atoms with E-state index in [9.17, 15) is 4.79 Å². The summed E-state index contributed by atoms with van der Waals surface area (Å²) in [6.07, 6.45) is 15.8. The Morgan fingerprint density at radius 1 is 1.05 bits per heavy atom. The zero-order chi connectivity index (χ0) is 27.6. The quantitative estimate of drug-likeness (QED) is 0.426. The molecule has 0 aromatic carbocycles. The Bertz CT molecular complexity index is 1340. The maximum absolute atomic E-state index is 14.7. The number of ketones is 1. The SMILES string of the molecule is C[C@@H]1[C@H]2[C@H]3C(=O)C=C4[C@@]5(C)Cc6cnoc6C(C)(C)[C@@H]5CC[C@@]4(C)[C@]3(C)CC[C@@]2(Cn2ccnn2)CC[C@H]1C. The molecule has 0 spiro atoms. The van der Waals surface area contributed by atoms with Crippen LogP contribution in [0.2, 0.25) is 0 Å². The highest BCUT2D eigenvalue weighted by molar-refractivity contribution is 5.95. The minimum Gasteiger partial charge on any atom is -0.361 e. The predicted molar refractivity (Wildman–Crippen MR) is 150 cm³/mol. The predicted octanol–water partition coefficient (Wildman–Crippen LogP) is 6.82. The molecule has 0 bridgehead atoms. The van der Waals surface area contributed by atoms with Crippen LogP contribution in [0.5, 0.6) is 0 Å². The summed E-state index contributed by atoms with van der Waals surface area (Å²) in [4.78, 5) is 14.7. The lowest BCUT2D eigenvalue weighted by Gasteiger charge is -2.70. The van der Waals surface area contributed by atoms with E-state index in [-0.39, 0.29) is 33.0 Å². The van der Waals surface area contributed by atoms with Gasteiger partial charge in [-0.3, -0.25) is 9.48 Å². The average Bonchev–Trinajstić information content (AvgIpc) is 3.56. The molecule has 39 heavy (non-hydrogen) atoms. The first-order valence-corrected chi connectivity index (χ1v) is 15.4. The number of fused-ring (bicyclic) bond motifs is 8. The van der Waals surface area contributed by atoms with Crippen molar-refractivity contribution in [1.82, 2.24) is 20.2 Å². The highest BCUT2D eigenvalue weighted by Gasteiger charge is 2.70. The van der Waals surface area contributed by atoms with Gasteiger partial charge in [0.25, 0.3) is 0 Å². The molecule has 9 atom stereocenters. The van der Waals surface area contributed by atoms with Crippen LogP contribution >= 0.6 is 0 Å². The van der Waals surface area contributed by atoms with Crippen LogP contribution in [0.1, 0.15) is 98.3 Å². The molecule has 6 heteroatoms. The van der Waals surface area contributed by atoms with Gasteiger partial charge in [-0.2, -0.15) is 0 Å². The first-order chi connectivity index (χ1) is 18.4. The van der Waals surface area contributed by atoms with E-state index < -0.39 is 0 Å². The fourth-order valence-electron chi connectivity index (χ4n) is 11.6. The Morgan fingerprint density at radius 3 is 2.59 bits per heavy atom. The number of hydrogen-bond acceptors (Lipinski definition) is 5. The highest BCUT2D eigenvalue weighted by atomic mass is 16.5. The van der Waals surface area contributed by atoms with Crippen LogP contribution in [0.3, 0.4) is 0 Å². The molecule has 5 aliphatic carbocycles. The molecule has 0 amide bonds. The molecule has 3 saturated carbocycles. The molecule has 2 aromatic heterocycles. The number of hydrogen-bond donors (Lipinski definition) is 0. The zero-order valence-electron chi connectivity index (χ0n) is 25.0. The van der Waals surface area contributed by atoms with Crippen molar-refractivity contribution in [2.75, 3.05) is 0 Å². The van der Waals surface area contributed by atoms with Gasteiger partial charge in [0.1, 0.15) is 5.76 Å². The molecule has 6 nitrogen and oxygen atoms in total. The van der Waals surface area contributed by atoms with E-state index in [1.807, 2.05) is 17.1 Å². The van der Waals surface area contributed by atoms with Crippen LogP contribution < -0.4 is 0 Å². The van der Waals surface area contributed by atoms with Gasteiger partial charge >= 0.3 is 0 Å². The number of allylic oxidation sites excluding steroid dienone is 2. The molecule has 0 radical (unpaired) electrons. The highest BCUT2D eigenvalue weighted by Crippen LogP contribution is 2.74. The van der Waals surface area contributed by atoms with Crippen LogP contribution in [0, 0.1) is 51.2 Å². The van der Waals surface area contributed by atoms with Crippen molar-refractivity contribution < 1.29 is 9.32 Å². The summed E-state index contributed by atoms with van der Waals surface area (Å²) < 4.78 is 7.88. The molecule has 2 heterocycles. The summed E-state index contributed by atoms with van der Waals surface area (Å²) in [7, 11) is 0. The Hall–Kier alpha value is -2.24. The largest absolute Gasteiger partial charge is 0.361 e. The topological polar surface area (TPSA) is 73.8 Å². The van der Waals surface area contributed by atoms with Crippen molar-refractivity contribution in [3.8, 4) is 0 Å². The molecular weight excluding hydrogens is 484 g/mol. The van der Waals surface area contributed by atoms with Gasteiger partial charge in [0.05, 0.1) is 12.4 Å². The van der Waals surface area contributed by atoms with Crippen molar-refractivity contribution in [2.45, 2.75) is 105 Å². The minimum absolute atomic E-state index is 0.00138. The molecule has 0 N–H and O–H groups in total. The van der Waals surface area contributed by atoms with E-state index in [0.29, 0.717) is 29.5 Å². The fraction of sp³-hybridized carbons (Fsp3) is 0.758. The van der Waals surface area contributed by atoms with Crippen molar-refractivity contribution in [2.24, 2.45) is 51.2 Å². The average molecular weight is 531 g/mol. The molecule has 0 aliphatic heterocycles. The Labute approximate surface area is 233 Å². The third kappa shape index (κ3) is 3.09. The standard InChI is InChI=1S/C33H46N4O2/c1-20-8-11-33(19-37-15-14-34-36-37)13-12-32(7)27(26(33)21(20)2)23(38)16-25-30(5)17-22-18-35-39-28(22)29(3,4)24(30)9-10-31(25,32)6/h14-16,18,20-21,24,26-27H,8-13,17,19H2,1-7H3/t20-,21+,24+,26+,27-,30+,31-,32-,33-/m1/s1. The second-order valence-electron chi connectivity index (χ2n) is 15.6. The van der Waals surface area contributed by atoms with E-state index in [1.165, 1.54) is 30.4 Å². The molecule has 3 fully saturated rings. The van der Waals surface area contributed by atoms with Gasteiger partial charge in [-0.1, -0.05) is 64.4 Å². The smallest absolute Gasteiger partial charge is 0.159 e. The monoisotopic (exact) mass is 530 g/mol. The van der Waals surface area contributed by atoms with Crippen LogP contribution in [0.4, 0.5) is 0 Å². The van der Waals surface area contributed by atoms with Gasteiger partial charge in [0, 0.05) is 29.6 Å². The van der Waals surface area contributed by atoms with Crippen molar-refractivity contribution >= 4 is 5.78 Å². The van der Waals surface area contributed by atoms with E-state index >= 15 is 0 Å². The Balaban J connectivity index is 1.37. The molecule has 7 rings (SSSR count). The number of carbonyl (C=O) groups is 1. The van der Waals surface area contributed by atoms with Crippen LogP contribution in [-0.2, 0) is 23.2 Å². The lowest BCUT2D eigenvalue weighted by molar-refractivity contribution is -0.180. The van der Waals surface area contributed by atoms with Crippen molar-refractivity contribution in [1.29, 1.82) is 0 Å².